The highest BCUT2D eigenvalue weighted by molar-refractivity contribution is 9.10. The summed E-state index contributed by atoms with van der Waals surface area (Å²) in [5.41, 5.74) is 0.753. The molecular weight excluding hydrogens is 334 g/mol. The van der Waals surface area contributed by atoms with Gasteiger partial charge in [-0.1, -0.05) is 11.6 Å². The first-order chi connectivity index (χ1) is 9.12. The minimum Gasteiger partial charge on any atom is -0.467 e. The second kappa shape index (κ2) is 6.03. The molecular formula is C11H11BrClN5O. The molecule has 1 aromatic carbocycles. The third kappa shape index (κ3) is 3.45. The molecule has 6 nitrogen and oxygen atoms in total. The fourth-order valence-corrected chi connectivity index (χ4v) is 1.85. The second-order valence-corrected chi connectivity index (χ2v) is 4.76. The Morgan fingerprint density at radius 1 is 1.21 bits per heavy atom. The molecule has 0 saturated heterocycles. The highest BCUT2D eigenvalue weighted by Crippen LogP contribution is 2.28. The summed E-state index contributed by atoms with van der Waals surface area (Å²) in [6, 6.07) is 5.60. The van der Waals surface area contributed by atoms with Gasteiger partial charge in [-0.15, -0.1) is 0 Å². The molecule has 8 heteroatoms. The maximum absolute atomic E-state index is 5.95. The standard InChI is InChI=1S/C11H11BrClN5O/c1-14-9-16-10(18-11(17-9)19-2)15-8-5-6(13)3-4-7(8)12/h3-5H,1-2H3,(H2,14,15,16,17,18). The van der Waals surface area contributed by atoms with E-state index in [4.69, 9.17) is 16.3 Å². The SMILES string of the molecule is CNc1nc(Nc2cc(Cl)ccc2Br)nc(OC)n1. The number of hydrogen-bond donors (Lipinski definition) is 2. The third-order valence-corrected chi connectivity index (χ3v) is 3.12. The predicted octanol–water partition coefficient (Wildman–Crippen LogP) is 3.08. The molecule has 2 N–H and O–H groups in total. The van der Waals surface area contributed by atoms with E-state index in [-0.39, 0.29) is 6.01 Å². The number of nitrogens with zero attached hydrogens (tertiary/aromatic N) is 3. The van der Waals surface area contributed by atoms with Crippen LogP contribution in [0.25, 0.3) is 0 Å². The van der Waals surface area contributed by atoms with Crippen molar-refractivity contribution in [3.63, 3.8) is 0 Å². The van der Waals surface area contributed by atoms with E-state index in [9.17, 15) is 0 Å². The minimum absolute atomic E-state index is 0.222. The van der Waals surface area contributed by atoms with E-state index < -0.39 is 0 Å². The maximum atomic E-state index is 5.95. The molecule has 0 aliphatic rings. The Morgan fingerprint density at radius 3 is 2.63 bits per heavy atom. The summed E-state index contributed by atoms with van der Waals surface area (Å²) in [5, 5.41) is 6.49. The van der Waals surface area contributed by atoms with Crippen molar-refractivity contribution < 1.29 is 4.74 Å². The van der Waals surface area contributed by atoms with Crippen molar-refractivity contribution in [3.05, 3.63) is 27.7 Å². The van der Waals surface area contributed by atoms with E-state index in [2.05, 4.69) is 41.5 Å². The van der Waals surface area contributed by atoms with Gasteiger partial charge in [0.05, 0.1) is 12.8 Å². The number of anilines is 3. The molecule has 2 aromatic rings. The van der Waals surface area contributed by atoms with Gasteiger partial charge in [0.25, 0.3) is 0 Å². The molecule has 0 radical (unpaired) electrons. The Morgan fingerprint density at radius 2 is 1.95 bits per heavy atom. The van der Waals surface area contributed by atoms with Crippen molar-refractivity contribution in [3.8, 4) is 6.01 Å². The number of halogens is 2. The predicted molar refractivity (Wildman–Crippen MR) is 78.4 cm³/mol. The normalized spacial score (nSPS) is 10.1. The van der Waals surface area contributed by atoms with Crippen LogP contribution in [0.15, 0.2) is 22.7 Å². The van der Waals surface area contributed by atoms with Gasteiger partial charge in [-0.3, -0.25) is 0 Å². The van der Waals surface area contributed by atoms with E-state index in [1.165, 1.54) is 7.11 Å². The van der Waals surface area contributed by atoms with Crippen LogP contribution in [0.3, 0.4) is 0 Å². The highest BCUT2D eigenvalue weighted by Gasteiger charge is 2.08. The van der Waals surface area contributed by atoms with Gasteiger partial charge in [0.1, 0.15) is 0 Å². The zero-order valence-electron chi connectivity index (χ0n) is 10.2. The summed E-state index contributed by atoms with van der Waals surface area (Å²) in [6.45, 7) is 0. The average Bonchev–Trinajstić information content (AvgIpc) is 2.42. The third-order valence-electron chi connectivity index (χ3n) is 2.20. The number of rotatable bonds is 4. The Labute approximate surface area is 123 Å². The lowest BCUT2D eigenvalue weighted by molar-refractivity contribution is 0.379. The van der Waals surface area contributed by atoms with Crippen molar-refractivity contribution in [2.75, 3.05) is 24.8 Å². The molecule has 0 atom stereocenters. The van der Waals surface area contributed by atoms with Crippen LogP contribution >= 0.6 is 27.5 Å². The lowest BCUT2D eigenvalue weighted by Gasteiger charge is -2.09. The summed E-state index contributed by atoms with van der Waals surface area (Å²) >= 11 is 9.37. The number of benzene rings is 1. The van der Waals surface area contributed by atoms with Gasteiger partial charge in [0.15, 0.2) is 0 Å². The average molecular weight is 345 g/mol. The summed E-state index contributed by atoms with van der Waals surface area (Å²) < 4.78 is 5.86. The molecule has 19 heavy (non-hydrogen) atoms. The van der Waals surface area contributed by atoms with Gasteiger partial charge in [0, 0.05) is 16.5 Å². The lowest BCUT2D eigenvalue weighted by atomic mass is 10.3. The topological polar surface area (TPSA) is 72.0 Å². The molecule has 0 amide bonds. The van der Waals surface area contributed by atoms with E-state index >= 15 is 0 Å². The maximum Gasteiger partial charge on any atom is 0.322 e. The first-order valence-electron chi connectivity index (χ1n) is 5.32. The van der Waals surface area contributed by atoms with Crippen molar-refractivity contribution in [2.24, 2.45) is 0 Å². The van der Waals surface area contributed by atoms with Crippen LogP contribution < -0.4 is 15.4 Å². The zero-order valence-corrected chi connectivity index (χ0v) is 12.6. The van der Waals surface area contributed by atoms with E-state index in [0.717, 1.165) is 10.2 Å². The highest BCUT2D eigenvalue weighted by atomic mass is 79.9. The quantitative estimate of drug-likeness (QED) is 0.888. The molecule has 2 rings (SSSR count). The van der Waals surface area contributed by atoms with Gasteiger partial charge in [0.2, 0.25) is 11.9 Å². The molecule has 0 unspecified atom stereocenters. The fourth-order valence-electron chi connectivity index (χ4n) is 1.33. The molecule has 0 bridgehead atoms. The molecule has 1 heterocycles. The van der Waals surface area contributed by atoms with Crippen molar-refractivity contribution in [1.82, 2.24) is 15.0 Å². The van der Waals surface area contributed by atoms with Crippen LogP contribution in [0.4, 0.5) is 17.6 Å². The van der Waals surface area contributed by atoms with Gasteiger partial charge < -0.3 is 15.4 Å². The van der Waals surface area contributed by atoms with Crippen LogP contribution in [-0.4, -0.2) is 29.1 Å². The Bertz CT molecular complexity index is 573. The van der Waals surface area contributed by atoms with Crippen LogP contribution in [-0.2, 0) is 0 Å². The second-order valence-electron chi connectivity index (χ2n) is 3.47. The molecule has 0 aliphatic heterocycles. The molecule has 1 aromatic heterocycles. The van der Waals surface area contributed by atoms with Crippen LogP contribution in [0, 0.1) is 0 Å². The molecule has 0 aliphatic carbocycles. The monoisotopic (exact) mass is 343 g/mol. The fraction of sp³-hybridized carbons (Fsp3) is 0.182. The summed E-state index contributed by atoms with van der Waals surface area (Å²) in [4.78, 5) is 12.3. The summed E-state index contributed by atoms with van der Waals surface area (Å²) in [6.07, 6.45) is 0. The first-order valence-corrected chi connectivity index (χ1v) is 6.49. The van der Waals surface area contributed by atoms with Gasteiger partial charge in [-0.25, -0.2) is 0 Å². The summed E-state index contributed by atoms with van der Waals surface area (Å²) in [5.74, 6) is 0.770. The molecule has 100 valence electrons. The van der Waals surface area contributed by atoms with Crippen LogP contribution in [0.5, 0.6) is 6.01 Å². The van der Waals surface area contributed by atoms with Crippen LogP contribution in [0.2, 0.25) is 5.02 Å². The zero-order chi connectivity index (χ0) is 13.8. The van der Waals surface area contributed by atoms with Gasteiger partial charge in [-0.2, -0.15) is 15.0 Å². The van der Waals surface area contributed by atoms with Crippen molar-refractivity contribution >= 4 is 45.1 Å². The Kier molecular flexibility index (Phi) is 4.39. The number of nitrogens with one attached hydrogen (secondary N) is 2. The molecule has 0 fully saturated rings. The number of hydrogen-bond acceptors (Lipinski definition) is 6. The summed E-state index contributed by atoms with van der Waals surface area (Å²) in [7, 11) is 3.21. The van der Waals surface area contributed by atoms with Crippen LogP contribution in [0.1, 0.15) is 0 Å². The lowest BCUT2D eigenvalue weighted by Crippen LogP contribution is -2.05. The largest absolute Gasteiger partial charge is 0.467 e. The Balaban J connectivity index is 2.34. The van der Waals surface area contributed by atoms with Gasteiger partial charge >= 0.3 is 6.01 Å². The first kappa shape index (κ1) is 13.8. The number of aromatic nitrogens is 3. The molecule has 0 spiro atoms. The number of methoxy groups -OCH3 is 1. The molecule has 0 saturated carbocycles. The number of ether oxygens (including phenoxy) is 1. The van der Waals surface area contributed by atoms with Crippen molar-refractivity contribution in [2.45, 2.75) is 0 Å². The van der Waals surface area contributed by atoms with E-state index in [1.807, 2.05) is 6.07 Å². The Hall–Kier alpha value is -1.60. The van der Waals surface area contributed by atoms with E-state index in [0.29, 0.717) is 16.9 Å². The van der Waals surface area contributed by atoms with E-state index in [1.54, 1.807) is 19.2 Å². The van der Waals surface area contributed by atoms with Crippen molar-refractivity contribution in [1.29, 1.82) is 0 Å². The smallest absolute Gasteiger partial charge is 0.322 e. The van der Waals surface area contributed by atoms with Gasteiger partial charge in [-0.05, 0) is 34.1 Å². The minimum atomic E-state index is 0.222.